The molecule has 0 spiro atoms. The summed E-state index contributed by atoms with van der Waals surface area (Å²) in [6, 6.07) is 1.85. The van der Waals surface area contributed by atoms with Crippen LogP contribution in [0.3, 0.4) is 0 Å². The van der Waals surface area contributed by atoms with Crippen molar-refractivity contribution in [3.05, 3.63) is 29.2 Å². The highest BCUT2D eigenvalue weighted by molar-refractivity contribution is 7.13. The fourth-order valence-electron chi connectivity index (χ4n) is 1.85. The number of hydrogen-bond donors (Lipinski definition) is 1. The number of rotatable bonds is 5. The number of thiazole rings is 1. The minimum absolute atomic E-state index is 0.526. The smallest absolute Gasteiger partial charge is 0.227 e. The van der Waals surface area contributed by atoms with Gasteiger partial charge >= 0.3 is 0 Å². The van der Waals surface area contributed by atoms with Gasteiger partial charge in [0.1, 0.15) is 5.69 Å². The molecule has 0 unspecified atom stereocenters. The van der Waals surface area contributed by atoms with Gasteiger partial charge in [-0.2, -0.15) is 10.1 Å². The molecular formula is C12H14N6OS. The van der Waals surface area contributed by atoms with Crippen molar-refractivity contribution in [3.63, 3.8) is 0 Å². The molecule has 3 aromatic heterocycles. The van der Waals surface area contributed by atoms with Crippen molar-refractivity contribution in [2.24, 2.45) is 7.05 Å². The van der Waals surface area contributed by atoms with E-state index in [1.807, 2.05) is 24.7 Å². The van der Waals surface area contributed by atoms with Gasteiger partial charge in [0.05, 0.1) is 5.69 Å². The van der Waals surface area contributed by atoms with E-state index in [4.69, 9.17) is 10.3 Å². The molecule has 0 aliphatic carbocycles. The highest BCUT2D eigenvalue weighted by atomic mass is 32.1. The van der Waals surface area contributed by atoms with Gasteiger partial charge in [0.25, 0.3) is 0 Å². The van der Waals surface area contributed by atoms with Crippen LogP contribution < -0.4 is 5.73 Å². The Morgan fingerprint density at radius 1 is 1.35 bits per heavy atom. The van der Waals surface area contributed by atoms with Crippen LogP contribution >= 0.6 is 11.3 Å². The SMILES string of the molecule is Cn1ccc(-c2noc(CCCc3csc(N)n3)n2)n1. The lowest BCUT2D eigenvalue weighted by Crippen LogP contribution is -1.92. The maximum Gasteiger partial charge on any atom is 0.227 e. The molecule has 0 bridgehead atoms. The Morgan fingerprint density at radius 2 is 2.25 bits per heavy atom. The first-order chi connectivity index (χ1) is 9.70. The Morgan fingerprint density at radius 3 is 2.95 bits per heavy atom. The molecular weight excluding hydrogens is 276 g/mol. The van der Waals surface area contributed by atoms with E-state index in [2.05, 4.69) is 20.2 Å². The summed E-state index contributed by atoms with van der Waals surface area (Å²) in [4.78, 5) is 8.55. The van der Waals surface area contributed by atoms with Crippen LogP contribution in [0.15, 0.2) is 22.2 Å². The van der Waals surface area contributed by atoms with Gasteiger partial charge in [0.2, 0.25) is 11.7 Å². The van der Waals surface area contributed by atoms with Crippen molar-refractivity contribution in [2.45, 2.75) is 19.3 Å². The molecule has 104 valence electrons. The van der Waals surface area contributed by atoms with Gasteiger partial charge in [0.15, 0.2) is 5.13 Å². The van der Waals surface area contributed by atoms with Crippen molar-refractivity contribution in [2.75, 3.05) is 5.73 Å². The van der Waals surface area contributed by atoms with Crippen LogP contribution in [0.2, 0.25) is 0 Å². The molecule has 0 aliphatic rings. The van der Waals surface area contributed by atoms with E-state index in [-0.39, 0.29) is 0 Å². The zero-order chi connectivity index (χ0) is 13.9. The standard InChI is InChI=1S/C12H14N6OS/c1-18-6-5-9(16-18)11-15-10(19-17-11)4-2-3-8-7-20-12(13)14-8/h5-7H,2-4H2,1H3,(H2,13,14). The number of hydrogen-bond acceptors (Lipinski definition) is 7. The zero-order valence-corrected chi connectivity index (χ0v) is 11.8. The van der Waals surface area contributed by atoms with E-state index in [0.29, 0.717) is 16.8 Å². The van der Waals surface area contributed by atoms with Crippen LogP contribution in [0.5, 0.6) is 0 Å². The summed E-state index contributed by atoms with van der Waals surface area (Å²) in [5.74, 6) is 1.15. The summed E-state index contributed by atoms with van der Waals surface area (Å²) < 4.78 is 6.92. The summed E-state index contributed by atoms with van der Waals surface area (Å²) in [7, 11) is 1.85. The molecule has 3 heterocycles. The zero-order valence-electron chi connectivity index (χ0n) is 11.0. The van der Waals surface area contributed by atoms with Crippen LogP contribution in [0, 0.1) is 0 Å². The molecule has 7 nitrogen and oxygen atoms in total. The van der Waals surface area contributed by atoms with Crippen molar-refractivity contribution < 1.29 is 4.52 Å². The molecule has 20 heavy (non-hydrogen) atoms. The third kappa shape index (κ3) is 2.85. The summed E-state index contributed by atoms with van der Waals surface area (Å²) >= 11 is 1.46. The van der Waals surface area contributed by atoms with Gasteiger partial charge in [-0.3, -0.25) is 4.68 Å². The third-order valence-corrected chi connectivity index (χ3v) is 3.53. The second-order valence-corrected chi connectivity index (χ2v) is 5.31. The Bertz CT molecular complexity index is 700. The maximum absolute atomic E-state index is 5.59. The van der Waals surface area contributed by atoms with E-state index in [9.17, 15) is 0 Å². The van der Waals surface area contributed by atoms with E-state index in [0.717, 1.165) is 30.7 Å². The lowest BCUT2D eigenvalue weighted by Gasteiger charge is -1.93. The van der Waals surface area contributed by atoms with Gasteiger partial charge in [-0.25, -0.2) is 4.98 Å². The molecule has 0 aliphatic heterocycles. The molecule has 0 radical (unpaired) electrons. The van der Waals surface area contributed by atoms with Crippen LogP contribution in [0.4, 0.5) is 5.13 Å². The first kappa shape index (κ1) is 12.8. The predicted octanol–water partition coefficient (Wildman–Crippen LogP) is 1.68. The van der Waals surface area contributed by atoms with Crippen molar-refractivity contribution in [1.82, 2.24) is 24.9 Å². The average molecular weight is 290 g/mol. The number of nitrogens with zero attached hydrogens (tertiary/aromatic N) is 5. The van der Waals surface area contributed by atoms with Crippen molar-refractivity contribution in [3.8, 4) is 11.5 Å². The normalized spacial score (nSPS) is 11.1. The molecule has 8 heteroatoms. The highest BCUT2D eigenvalue weighted by Crippen LogP contribution is 2.15. The Labute approximate surface area is 119 Å². The first-order valence-corrected chi connectivity index (χ1v) is 7.11. The molecule has 0 amide bonds. The number of nitrogen functional groups attached to an aromatic ring is 1. The molecule has 3 aromatic rings. The van der Waals surface area contributed by atoms with Gasteiger partial charge < -0.3 is 10.3 Å². The van der Waals surface area contributed by atoms with Gasteiger partial charge in [-0.15, -0.1) is 11.3 Å². The van der Waals surface area contributed by atoms with Crippen LogP contribution in [-0.2, 0) is 19.9 Å². The van der Waals surface area contributed by atoms with E-state index in [1.54, 1.807) is 4.68 Å². The van der Waals surface area contributed by atoms with E-state index in [1.165, 1.54) is 11.3 Å². The average Bonchev–Trinajstić information content (AvgIpc) is 3.11. The quantitative estimate of drug-likeness (QED) is 0.768. The Kier molecular flexibility index (Phi) is 3.46. The van der Waals surface area contributed by atoms with Gasteiger partial charge in [0, 0.05) is 25.0 Å². The number of aromatic nitrogens is 5. The second-order valence-electron chi connectivity index (χ2n) is 4.42. The lowest BCUT2D eigenvalue weighted by atomic mass is 10.2. The summed E-state index contributed by atoms with van der Waals surface area (Å²) in [5.41, 5.74) is 7.32. The second kappa shape index (κ2) is 5.41. The minimum Gasteiger partial charge on any atom is -0.375 e. The molecule has 0 saturated heterocycles. The Hall–Kier alpha value is -2.22. The van der Waals surface area contributed by atoms with Crippen LogP contribution in [-0.4, -0.2) is 24.9 Å². The third-order valence-electron chi connectivity index (χ3n) is 2.80. The largest absolute Gasteiger partial charge is 0.375 e. The topological polar surface area (TPSA) is 95.7 Å². The summed E-state index contributed by atoms with van der Waals surface area (Å²) in [6.07, 6.45) is 4.32. The minimum atomic E-state index is 0.526. The lowest BCUT2D eigenvalue weighted by molar-refractivity contribution is 0.376. The van der Waals surface area contributed by atoms with E-state index < -0.39 is 0 Å². The predicted molar refractivity (Wildman–Crippen MR) is 75.1 cm³/mol. The molecule has 0 aromatic carbocycles. The van der Waals surface area contributed by atoms with E-state index >= 15 is 0 Å². The van der Waals surface area contributed by atoms with Crippen LogP contribution in [0.1, 0.15) is 18.0 Å². The first-order valence-electron chi connectivity index (χ1n) is 6.23. The molecule has 3 rings (SSSR count). The number of aryl methyl sites for hydroxylation is 3. The summed E-state index contributed by atoms with van der Waals surface area (Å²) in [6.45, 7) is 0. The molecule has 0 atom stereocenters. The highest BCUT2D eigenvalue weighted by Gasteiger charge is 2.11. The number of nitrogens with two attached hydrogens (primary N) is 1. The fourth-order valence-corrected chi connectivity index (χ4v) is 2.45. The summed E-state index contributed by atoms with van der Waals surface area (Å²) in [5, 5.41) is 10.7. The molecule has 2 N–H and O–H groups in total. The monoisotopic (exact) mass is 290 g/mol. The van der Waals surface area contributed by atoms with Gasteiger partial charge in [-0.1, -0.05) is 5.16 Å². The maximum atomic E-state index is 5.59. The molecule has 0 saturated carbocycles. The van der Waals surface area contributed by atoms with Crippen molar-refractivity contribution >= 4 is 16.5 Å². The molecule has 0 fully saturated rings. The van der Waals surface area contributed by atoms with Crippen LogP contribution in [0.25, 0.3) is 11.5 Å². The van der Waals surface area contributed by atoms with Gasteiger partial charge in [-0.05, 0) is 18.9 Å². The Balaban J connectivity index is 1.57. The fraction of sp³-hybridized carbons (Fsp3) is 0.333. The number of anilines is 1. The van der Waals surface area contributed by atoms with Crippen molar-refractivity contribution in [1.29, 1.82) is 0 Å².